The van der Waals surface area contributed by atoms with E-state index < -0.39 is 10.1 Å². The molecule has 0 heterocycles. The van der Waals surface area contributed by atoms with Gasteiger partial charge >= 0.3 is 51.4 Å². The van der Waals surface area contributed by atoms with E-state index >= 15 is 0 Å². The molecule has 1 N–H and O–H groups in total. The zero-order chi connectivity index (χ0) is 8.91. The summed E-state index contributed by atoms with van der Waals surface area (Å²) in [7, 11) is -3.89. The van der Waals surface area contributed by atoms with E-state index in [2.05, 4.69) is 4.99 Å². The van der Waals surface area contributed by atoms with Crippen molar-refractivity contribution in [3.05, 3.63) is 0 Å². The van der Waals surface area contributed by atoms with Crippen molar-refractivity contribution >= 4 is 16.0 Å². The quantitative estimate of drug-likeness (QED) is 0.172. The molecule has 0 fully saturated rings. The smallest absolute Gasteiger partial charge is 0.862 e. The van der Waals surface area contributed by atoms with Gasteiger partial charge in [0.2, 0.25) is 0 Å². The molecule has 12 heavy (non-hydrogen) atoms. The molecule has 0 radical (unpaired) electrons. The molecule has 0 rings (SSSR count). The van der Waals surface area contributed by atoms with Crippen molar-refractivity contribution in [2.75, 3.05) is 12.3 Å². The van der Waals surface area contributed by atoms with Gasteiger partial charge in [0.25, 0.3) is 10.1 Å². The van der Waals surface area contributed by atoms with E-state index in [1.807, 2.05) is 0 Å². The van der Waals surface area contributed by atoms with E-state index in [-0.39, 0.29) is 76.0 Å². The first-order valence-electron chi connectivity index (χ1n) is 3.05. The molecule has 0 saturated heterocycles. The molecule has 0 unspecified atom stereocenters. The van der Waals surface area contributed by atoms with E-state index in [1.165, 1.54) is 6.92 Å². The number of hydrogen-bond acceptors (Lipinski definition) is 4. The predicted octanol–water partition coefficient (Wildman–Crippen LogP) is -3.95. The molecule has 0 aliphatic rings. The molecule has 5 nitrogen and oxygen atoms in total. The summed E-state index contributed by atoms with van der Waals surface area (Å²) in [5.74, 6) is -0.676. The number of hydrogen-bond donors (Lipinski definition) is 1. The Morgan fingerprint density at radius 1 is 1.58 bits per heavy atom. The van der Waals surface area contributed by atoms with Crippen molar-refractivity contribution in [3.63, 3.8) is 0 Å². The maximum atomic E-state index is 10.2. The van der Waals surface area contributed by atoms with Gasteiger partial charge < -0.3 is 10.1 Å². The van der Waals surface area contributed by atoms with Crippen LogP contribution in [-0.4, -0.2) is 31.2 Å². The fourth-order valence-electron chi connectivity index (χ4n) is 0.483. The Morgan fingerprint density at radius 2 is 2.08 bits per heavy atom. The monoisotopic (exact) mass is 219 g/mol. The second-order valence-electron chi connectivity index (χ2n) is 2.04. The van der Waals surface area contributed by atoms with Crippen LogP contribution in [0.25, 0.3) is 0 Å². The second-order valence-corrected chi connectivity index (χ2v) is 3.61. The van der Waals surface area contributed by atoms with Crippen molar-refractivity contribution < 1.29 is 69.5 Å². The van der Waals surface area contributed by atoms with Crippen molar-refractivity contribution in [2.45, 2.75) is 13.3 Å². The van der Waals surface area contributed by atoms with Crippen LogP contribution in [0.3, 0.4) is 0 Å². The minimum atomic E-state index is -3.89. The summed E-state index contributed by atoms with van der Waals surface area (Å²) < 4.78 is 28.4. The summed E-state index contributed by atoms with van der Waals surface area (Å²) in [6, 6.07) is 0. The molecule has 0 saturated carbocycles. The standard InChI is InChI=1S/C5H11NO4S.K/c1-5(7)6-3-2-4-11(8,9)10;/h2-4H2,1H3,(H,6,7)(H,8,9,10);/q;+1/p-1. The molecular formula is C5H10KNO4S. The van der Waals surface area contributed by atoms with Gasteiger partial charge in [-0.05, 0) is 19.2 Å². The topological polar surface area (TPSA) is 89.8 Å². The summed E-state index contributed by atoms with van der Waals surface area (Å²) in [6.45, 7) is 1.43. The average molecular weight is 219 g/mol. The molecular weight excluding hydrogens is 209 g/mol. The molecule has 66 valence electrons. The van der Waals surface area contributed by atoms with Gasteiger partial charge in [-0.25, -0.2) is 0 Å². The fourth-order valence-corrected chi connectivity index (χ4v) is 0.977. The maximum absolute atomic E-state index is 10.2. The third-order valence-electron chi connectivity index (χ3n) is 0.895. The van der Waals surface area contributed by atoms with Gasteiger partial charge in [0.1, 0.15) is 0 Å². The molecule has 0 bridgehead atoms. The van der Waals surface area contributed by atoms with Crippen molar-refractivity contribution in [1.82, 2.24) is 0 Å². The number of rotatable bonds is 4. The Bertz CT molecular complexity index is 232. The van der Waals surface area contributed by atoms with Crippen LogP contribution in [-0.2, 0) is 10.1 Å². The Kier molecular flexibility index (Phi) is 9.58. The van der Waals surface area contributed by atoms with Crippen molar-refractivity contribution in [2.24, 2.45) is 4.99 Å². The third kappa shape index (κ3) is 13.6. The van der Waals surface area contributed by atoms with Crippen LogP contribution in [0.1, 0.15) is 13.3 Å². The summed E-state index contributed by atoms with van der Waals surface area (Å²) in [5, 5.41) is 10.2. The summed E-state index contributed by atoms with van der Waals surface area (Å²) >= 11 is 0. The first-order valence-corrected chi connectivity index (χ1v) is 4.66. The van der Waals surface area contributed by atoms with E-state index in [4.69, 9.17) is 4.55 Å². The second kappa shape index (κ2) is 7.42. The minimum Gasteiger partial charge on any atom is -0.862 e. The van der Waals surface area contributed by atoms with Crippen molar-refractivity contribution in [1.29, 1.82) is 0 Å². The van der Waals surface area contributed by atoms with Crippen LogP contribution in [0, 0.1) is 0 Å². The number of nitrogens with zero attached hydrogens (tertiary/aromatic N) is 1. The van der Waals surface area contributed by atoms with Gasteiger partial charge in [0.05, 0.1) is 5.75 Å². The molecule has 0 amide bonds. The third-order valence-corrected chi connectivity index (χ3v) is 1.70. The average Bonchev–Trinajstić information content (AvgIpc) is 1.78. The normalized spacial score (nSPS) is 12.3. The molecule has 0 atom stereocenters. The molecule has 0 aliphatic carbocycles. The Hall–Kier alpha value is 1.02. The van der Waals surface area contributed by atoms with Gasteiger partial charge in [-0.15, -0.1) is 0 Å². The Labute approximate surface area is 114 Å². The van der Waals surface area contributed by atoms with Crippen molar-refractivity contribution in [3.8, 4) is 0 Å². The van der Waals surface area contributed by atoms with Gasteiger partial charge in [-0.1, -0.05) is 0 Å². The van der Waals surface area contributed by atoms with E-state index in [1.54, 1.807) is 0 Å². The zero-order valence-corrected chi connectivity index (χ0v) is 11.1. The largest absolute Gasteiger partial charge is 1.00 e. The molecule has 0 aromatic rings. The van der Waals surface area contributed by atoms with Gasteiger partial charge in [-0.3, -0.25) is 4.55 Å². The van der Waals surface area contributed by atoms with Crippen LogP contribution >= 0.6 is 0 Å². The zero-order valence-electron chi connectivity index (χ0n) is 7.15. The maximum Gasteiger partial charge on any atom is 1.00 e. The van der Waals surface area contributed by atoms with Gasteiger partial charge in [0, 0.05) is 6.54 Å². The van der Waals surface area contributed by atoms with Crippen LogP contribution in [0.5, 0.6) is 0 Å². The molecule has 0 aromatic carbocycles. The first-order chi connectivity index (χ1) is 4.92. The van der Waals surface area contributed by atoms with Crippen LogP contribution in [0.4, 0.5) is 0 Å². The summed E-state index contributed by atoms with van der Waals surface area (Å²) in [5.41, 5.74) is 0. The Morgan fingerprint density at radius 3 is 2.42 bits per heavy atom. The van der Waals surface area contributed by atoms with E-state index in [9.17, 15) is 13.5 Å². The van der Waals surface area contributed by atoms with Crippen LogP contribution in [0.15, 0.2) is 4.99 Å². The molecule has 0 aliphatic heterocycles. The van der Waals surface area contributed by atoms with Crippen LogP contribution < -0.4 is 56.5 Å². The fraction of sp³-hybridized carbons (Fsp3) is 0.800. The van der Waals surface area contributed by atoms with Gasteiger partial charge in [0.15, 0.2) is 0 Å². The molecule has 0 spiro atoms. The first kappa shape index (κ1) is 15.5. The molecule has 0 aromatic heterocycles. The SMILES string of the molecule is CC([O-])=NCCCS(=O)(=O)O.[K+]. The van der Waals surface area contributed by atoms with E-state index in [0.29, 0.717) is 0 Å². The van der Waals surface area contributed by atoms with Crippen LogP contribution in [0.2, 0.25) is 0 Å². The summed E-state index contributed by atoms with van der Waals surface area (Å²) in [4.78, 5) is 3.41. The summed E-state index contributed by atoms with van der Waals surface area (Å²) in [6.07, 6.45) is 0.179. The Balaban J connectivity index is 0. The number of aliphatic imine (C=N–C) groups is 1. The van der Waals surface area contributed by atoms with E-state index in [0.717, 1.165) is 0 Å². The van der Waals surface area contributed by atoms with Gasteiger partial charge in [-0.2, -0.15) is 8.42 Å². The molecule has 7 heteroatoms. The minimum absolute atomic E-state index is 0. The predicted molar refractivity (Wildman–Crippen MR) is 39.0 cm³/mol.